The van der Waals surface area contributed by atoms with Crippen LogP contribution in [0.2, 0.25) is 0 Å². The third-order valence-corrected chi connectivity index (χ3v) is 6.60. The second kappa shape index (κ2) is 15.0. The standard InChI is InChI=1S/C31H42N8O4/c1-19-12-14-35-28-21(7-5-6-15-43-16-13-25(41)37-19)18-36-29(34)26(28)27(33)20-8-10-22(11-9-20)38-30(42)39-24(32)17-23(40)31(2,3)4/h5,7-11,17-19,33,35,40H,6,12-16H2,1-4H3,(H2,34,36)(H,37,41)(H3,32,38,39,42)/b7-5+,23-17-,33-27?/t19-/m1/s1. The van der Waals surface area contributed by atoms with Crippen LogP contribution in [0.1, 0.15) is 63.6 Å². The van der Waals surface area contributed by atoms with Crippen molar-refractivity contribution >= 4 is 46.8 Å². The van der Waals surface area contributed by atoms with Crippen molar-refractivity contribution in [1.82, 2.24) is 15.6 Å². The molecule has 230 valence electrons. The quantitative estimate of drug-likeness (QED) is 0.142. The number of urea groups is 1. The first-order valence-corrected chi connectivity index (χ1v) is 14.2. The summed E-state index contributed by atoms with van der Waals surface area (Å²) in [5, 5.41) is 38.4. The molecule has 1 atom stereocenters. The van der Waals surface area contributed by atoms with Crippen LogP contribution in [0.5, 0.6) is 0 Å². The van der Waals surface area contributed by atoms with Crippen molar-refractivity contribution in [3.8, 4) is 0 Å². The van der Waals surface area contributed by atoms with E-state index in [4.69, 9.17) is 21.3 Å². The van der Waals surface area contributed by atoms with Crippen molar-refractivity contribution in [2.45, 2.75) is 53.0 Å². The molecule has 3 rings (SSSR count). The number of fused-ring (bicyclic) bond motifs is 1. The summed E-state index contributed by atoms with van der Waals surface area (Å²) in [6, 6.07) is 5.95. The van der Waals surface area contributed by atoms with Gasteiger partial charge in [-0.1, -0.05) is 45.1 Å². The van der Waals surface area contributed by atoms with E-state index >= 15 is 0 Å². The van der Waals surface area contributed by atoms with Crippen molar-refractivity contribution in [2.24, 2.45) is 5.41 Å². The number of carbonyl (C=O) groups is 2. The first-order chi connectivity index (χ1) is 20.3. The number of aliphatic hydroxyl groups is 1. The number of rotatable bonds is 4. The van der Waals surface area contributed by atoms with Crippen LogP contribution >= 0.6 is 0 Å². The van der Waals surface area contributed by atoms with Crippen LogP contribution in [0.4, 0.5) is 22.0 Å². The van der Waals surface area contributed by atoms with Gasteiger partial charge in [0.05, 0.1) is 30.2 Å². The van der Waals surface area contributed by atoms with Crippen LogP contribution in [0.25, 0.3) is 6.08 Å². The third-order valence-electron chi connectivity index (χ3n) is 6.60. The van der Waals surface area contributed by atoms with Gasteiger partial charge in [-0.15, -0.1) is 0 Å². The maximum Gasteiger partial charge on any atom is 0.324 e. The summed E-state index contributed by atoms with van der Waals surface area (Å²) in [6.07, 6.45) is 8.33. The Morgan fingerprint density at radius 2 is 1.93 bits per heavy atom. The fourth-order valence-corrected chi connectivity index (χ4v) is 4.11. The third kappa shape index (κ3) is 9.96. The normalized spacial score (nSPS) is 17.6. The van der Waals surface area contributed by atoms with Gasteiger partial charge in [0.2, 0.25) is 5.91 Å². The molecule has 12 heteroatoms. The Kier molecular flexibility index (Phi) is 11.4. The predicted octanol–water partition coefficient (Wildman–Crippen LogP) is 4.80. The lowest BCUT2D eigenvalue weighted by molar-refractivity contribution is -0.122. The van der Waals surface area contributed by atoms with Gasteiger partial charge in [0.25, 0.3) is 0 Å². The molecule has 1 aliphatic rings. The van der Waals surface area contributed by atoms with E-state index in [1.54, 1.807) is 51.2 Å². The molecule has 2 aromatic rings. The highest BCUT2D eigenvalue weighted by molar-refractivity contribution is 6.17. The Morgan fingerprint density at radius 3 is 2.63 bits per heavy atom. The number of nitrogens with zero attached hydrogens (tertiary/aromatic N) is 1. The first kappa shape index (κ1) is 32.8. The summed E-state index contributed by atoms with van der Waals surface area (Å²) in [7, 11) is 0. The van der Waals surface area contributed by atoms with Crippen molar-refractivity contribution in [3.05, 3.63) is 65.1 Å². The molecule has 0 saturated heterocycles. The molecule has 0 fully saturated rings. The molecule has 2 heterocycles. The van der Waals surface area contributed by atoms with Gasteiger partial charge < -0.3 is 31.5 Å². The summed E-state index contributed by atoms with van der Waals surface area (Å²) in [4.78, 5) is 28.9. The maximum atomic E-state index is 12.4. The van der Waals surface area contributed by atoms with Crippen LogP contribution in [-0.2, 0) is 9.53 Å². The molecule has 0 unspecified atom stereocenters. The number of benzene rings is 1. The summed E-state index contributed by atoms with van der Waals surface area (Å²) in [6.45, 7) is 8.68. The number of aliphatic hydroxyl groups excluding tert-OH is 1. The predicted molar refractivity (Wildman–Crippen MR) is 171 cm³/mol. The highest BCUT2D eigenvalue weighted by atomic mass is 16.5. The zero-order chi connectivity index (χ0) is 31.6. The Labute approximate surface area is 252 Å². The molecule has 1 aliphatic heterocycles. The van der Waals surface area contributed by atoms with Crippen molar-refractivity contribution in [3.63, 3.8) is 0 Å². The van der Waals surface area contributed by atoms with Crippen molar-refractivity contribution < 1.29 is 19.4 Å². The average Bonchev–Trinajstić information content (AvgIpc) is 2.93. The molecule has 0 saturated carbocycles. The lowest BCUT2D eigenvalue weighted by Gasteiger charge is -2.19. The number of pyridine rings is 1. The van der Waals surface area contributed by atoms with E-state index in [9.17, 15) is 14.7 Å². The number of nitrogen functional groups attached to an aromatic ring is 1. The summed E-state index contributed by atoms with van der Waals surface area (Å²) in [5.74, 6) is -0.140. The Hall–Kier alpha value is -4.71. The number of carbonyl (C=O) groups excluding carboxylic acids is 2. The number of amidine groups is 1. The highest BCUT2D eigenvalue weighted by Crippen LogP contribution is 2.29. The number of aromatic nitrogens is 1. The average molecular weight is 591 g/mol. The van der Waals surface area contributed by atoms with Gasteiger partial charge in [-0.25, -0.2) is 9.78 Å². The number of allylic oxidation sites excluding steroid dienone is 1. The van der Waals surface area contributed by atoms with E-state index in [0.29, 0.717) is 61.5 Å². The minimum Gasteiger partial charge on any atom is -0.512 e. The molecule has 1 aromatic carbocycles. The molecule has 12 nitrogen and oxygen atoms in total. The molecule has 0 radical (unpaired) electrons. The summed E-state index contributed by atoms with van der Waals surface area (Å²) >= 11 is 0. The van der Waals surface area contributed by atoms with Gasteiger partial charge in [0.15, 0.2) is 0 Å². The van der Waals surface area contributed by atoms with E-state index < -0.39 is 11.4 Å². The molecule has 0 aliphatic carbocycles. The monoisotopic (exact) mass is 590 g/mol. The highest BCUT2D eigenvalue weighted by Gasteiger charge is 2.19. The zero-order valence-electron chi connectivity index (χ0n) is 25.1. The molecular weight excluding hydrogens is 548 g/mol. The largest absolute Gasteiger partial charge is 0.512 e. The second-order valence-corrected chi connectivity index (χ2v) is 11.3. The fourth-order valence-electron chi connectivity index (χ4n) is 4.11. The number of ether oxygens (including phenoxy) is 1. The number of nitrogens with one attached hydrogen (secondary N) is 6. The molecule has 0 spiro atoms. The lowest BCUT2D eigenvalue weighted by Crippen LogP contribution is -2.34. The van der Waals surface area contributed by atoms with Gasteiger partial charge in [0, 0.05) is 53.5 Å². The van der Waals surface area contributed by atoms with Crippen LogP contribution in [-0.4, -0.2) is 59.4 Å². The number of anilines is 3. The number of nitrogens with two attached hydrogens (primary N) is 1. The topological polar surface area (TPSA) is 198 Å². The molecule has 3 amide bonds. The molecule has 1 aromatic heterocycles. The van der Waals surface area contributed by atoms with Gasteiger partial charge in [-0.3, -0.25) is 20.9 Å². The lowest BCUT2D eigenvalue weighted by atomic mass is 9.93. The maximum absolute atomic E-state index is 12.4. The molecular formula is C31H42N8O4. The molecule has 9 N–H and O–H groups in total. The SMILES string of the molecule is C[C@@H]1CCNc2c(cnc(N)c2C(=N)c2ccc(NC(=O)NC(=N)/C=C(\O)C(C)(C)C)cc2)/C=C/CCOCCC(=O)N1. The Bertz CT molecular complexity index is 1390. The van der Waals surface area contributed by atoms with Crippen molar-refractivity contribution in [1.29, 1.82) is 10.8 Å². The summed E-state index contributed by atoms with van der Waals surface area (Å²) < 4.78 is 5.57. The van der Waals surface area contributed by atoms with E-state index in [1.807, 2.05) is 19.1 Å². The van der Waals surface area contributed by atoms with Gasteiger partial charge >= 0.3 is 6.03 Å². The van der Waals surface area contributed by atoms with E-state index in [0.717, 1.165) is 5.56 Å². The fraction of sp³-hybridized carbons (Fsp3) is 0.387. The zero-order valence-corrected chi connectivity index (χ0v) is 25.1. The van der Waals surface area contributed by atoms with Gasteiger partial charge in [-0.05, 0) is 31.9 Å². The van der Waals surface area contributed by atoms with Gasteiger partial charge in [0.1, 0.15) is 17.4 Å². The van der Waals surface area contributed by atoms with Crippen molar-refractivity contribution in [2.75, 3.05) is 36.1 Å². The second-order valence-electron chi connectivity index (χ2n) is 11.3. The Balaban J connectivity index is 1.79. The number of hydrogen-bond donors (Lipinski definition) is 8. The number of amides is 3. The smallest absolute Gasteiger partial charge is 0.324 e. The summed E-state index contributed by atoms with van der Waals surface area (Å²) in [5.41, 5.74) is 8.78. The van der Waals surface area contributed by atoms with Gasteiger partial charge in [-0.2, -0.15) is 0 Å². The van der Waals surface area contributed by atoms with Crippen LogP contribution < -0.4 is 27.0 Å². The van der Waals surface area contributed by atoms with E-state index in [2.05, 4.69) is 26.3 Å². The van der Waals surface area contributed by atoms with Crippen LogP contribution in [0.15, 0.2) is 48.4 Å². The van der Waals surface area contributed by atoms with Crippen LogP contribution in [0, 0.1) is 16.2 Å². The molecule has 43 heavy (non-hydrogen) atoms. The van der Waals surface area contributed by atoms with E-state index in [-0.39, 0.29) is 35.1 Å². The molecule has 0 bridgehead atoms. The Morgan fingerprint density at radius 1 is 1.21 bits per heavy atom. The number of hydrogen-bond acceptors (Lipinski definition) is 9. The minimum atomic E-state index is -0.642. The van der Waals surface area contributed by atoms with E-state index in [1.165, 1.54) is 6.08 Å². The minimum absolute atomic E-state index is 0.0252. The van der Waals surface area contributed by atoms with Crippen LogP contribution in [0.3, 0.4) is 0 Å². The first-order valence-electron chi connectivity index (χ1n) is 14.2.